The van der Waals surface area contributed by atoms with Crippen LogP contribution in [0.1, 0.15) is 63.0 Å². The quantitative estimate of drug-likeness (QED) is 0.355. The van der Waals surface area contributed by atoms with Crippen molar-refractivity contribution in [3.63, 3.8) is 0 Å². The number of hydrogen-bond donors (Lipinski definition) is 2. The number of rotatable bonds is 7. The summed E-state index contributed by atoms with van der Waals surface area (Å²) in [5, 5.41) is 6.87. The average Bonchev–Trinajstić information content (AvgIpc) is 3.46. The molecular formula is C21H35IN4. The Labute approximate surface area is 176 Å². The lowest BCUT2D eigenvalue weighted by Gasteiger charge is -2.31. The van der Waals surface area contributed by atoms with Gasteiger partial charge in [0.15, 0.2) is 5.96 Å². The van der Waals surface area contributed by atoms with Gasteiger partial charge in [-0.15, -0.1) is 24.0 Å². The Hall–Kier alpha value is -0.820. The van der Waals surface area contributed by atoms with Gasteiger partial charge in [0.05, 0.1) is 6.54 Å². The molecule has 26 heavy (non-hydrogen) atoms. The predicted octanol–water partition coefficient (Wildman–Crippen LogP) is 4.29. The first-order valence-corrected chi connectivity index (χ1v) is 10.1. The summed E-state index contributed by atoms with van der Waals surface area (Å²) in [6.45, 7) is 4.81. The van der Waals surface area contributed by atoms with Crippen molar-refractivity contribution in [1.29, 1.82) is 0 Å². The third kappa shape index (κ3) is 6.72. The molecule has 4 nitrogen and oxygen atoms in total. The summed E-state index contributed by atoms with van der Waals surface area (Å²) < 4.78 is 0. The topological polar surface area (TPSA) is 39.7 Å². The lowest BCUT2D eigenvalue weighted by molar-refractivity contribution is 0.184. The fraction of sp³-hybridized carbons (Fsp3) is 0.667. The maximum atomic E-state index is 4.82. The van der Waals surface area contributed by atoms with E-state index in [0.717, 1.165) is 31.6 Å². The molecule has 1 aromatic rings. The highest BCUT2D eigenvalue weighted by atomic mass is 127. The number of nitrogens with one attached hydrogen (secondary N) is 2. The molecule has 2 fully saturated rings. The Morgan fingerprint density at radius 3 is 2.42 bits per heavy atom. The summed E-state index contributed by atoms with van der Waals surface area (Å²) in [6, 6.07) is 10.2. The van der Waals surface area contributed by atoms with Gasteiger partial charge in [-0.25, -0.2) is 4.99 Å². The molecule has 5 heteroatoms. The van der Waals surface area contributed by atoms with Crippen LogP contribution in [0.4, 0.5) is 0 Å². The highest BCUT2D eigenvalue weighted by molar-refractivity contribution is 14.0. The van der Waals surface area contributed by atoms with E-state index in [4.69, 9.17) is 4.99 Å². The molecule has 0 radical (unpaired) electrons. The second kappa shape index (κ2) is 11.1. The van der Waals surface area contributed by atoms with E-state index < -0.39 is 0 Å². The van der Waals surface area contributed by atoms with Gasteiger partial charge in [-0.3, -0.25) is 4.90 Å². The summed E-state index contributed by atoms with van der Waals surface area (Å²) in [7, 11) is 2.29. The largest absolute Gasteiger partial charge is 0.357 e. The Morgan fingerprint density at radius 1 is 1.08 bits per heavy atom. The molecule has 3 rings (SSSR count). The Balaban J connectivity index is 0.00000243. The number of nitrogens with zero attached hydrogens (tertiary/aromatic N) is 2. The minimum absolute atomic E-state index is 0. The van der Waals surface area contributed by atoms with E-state index in [1.807, 2.05) is 0 Å². The molecule has 0 heterocycles. The fourth-order valence-electron chi connectivity index (χ4n) is 3.69. The number of guanidine groups is 1. The van der Waals surface area contributed by atoms with Crippen molar-refractivity contribution in [1.82, 2.24) is 15.5 Å². The number of hydrogen-bond acceptors (Lipinski definition) is 2. The average molecular weight is 470 g/mol. The van der Waals surface area contributed by atoms with Crippen molar-refractivity contribution in [2.24, 2.45) is 4.99 Å². The Bertz CT molecular complexity index is 565. The number of halogens is 1. The zero-order chi connectivity index (χ0) is 17.5. The normalized spacial score (nSPS) is 18.5. The van der Waals surface area contributed by atoms with Gasteiger partial charge >= 0.3 is 0 Å². The van der Waals surface area contributed by atoms with Crippen LogP contribution in [0.15, 0.2) is 29.3 Å². The minimum Gasteiger partial charge on any atom is -0.357 e. The standard InChI is InChI=1S/C21H34N4.HI/c1-3-22-21(24-19-13-14-19)23-15-17-9-7-8-10-18(17)16-25(2)20-11-5-4-6-12-20;/h7-10,19-20H,3-6,11-16H2,1-2H3,(H2,22,23,24);1H. The van der Waals surface area contributed by atoms with Crippen molar-refractivity contribution in [2.45, 2.75) is 77.0 Å². The number of aliphatic imine (C=N–C) groups is 1. The van der Waals surface area contributed by atoms with Crippen LogP contribution in [0.5, 0.6) is 0 Å². The summed E-state index contributed by atoms with van der Waals surface area (Å²) in [6.07, 6.45) is 9.44. The van der Waals surface area contributed by atoms with E-state index in [-0.39, 0.29) is 24.0 Å². The van der Waals surface area contributed by atoms with Gasteiger partial charge in [-0.05, 0) is 50.8 Å². The third-order valence-electron chi connectivity index (χ3n) is 5.41. The smallest absolute Gasteiger partial charge is 0.191 e. The molecule has 146 valence electrons. The fourth-order valence-corrected chi connectivity index (χ4v) is 3.69. The minimum atomic E-state index is 0. The van der Waals surface area contributed by atoms with E-state index in [1.54, 1.807) is 0 Å². The molecule has 1 aromatic carbocycles. The van der Waals surface area contributed by atoms with Gasteiger partial charge in [0.25, 0.3) is 0 Å². The molecule has 0 bridgehead atoms. The van der Waals surface area contributed by atoms with Crippen molar-refractivity contribution in [2.75, 3.05) is 13.6 Å². The van der Waals surface area contributed by atoms with Gasteiger partial charge in [0.2, 0.25) is 0 Å². The van der Waals surface area contributed by atoms with Crippen LogP contribution in [0.2, 0.25) is 0 Å². The summed E-state index contributed by atoms with van der Waals surface area (Å²) in [5.74, 6) is 0.959. The molecule has 0 aromatic heterocycles. The SMILES string of the molecule is CCNC(=NCc1ccccc1CN(C)C1CCCCC1)NC1CC1.I. The van der Waals surface area contributed by atoms with Crippen LogP contribution in [0.3, 0.4) is 0 Å². The van der Waals surface area contributed by atoms with Crippen LogP contribution in [0.25, 0.3) is 0 Å². The third-order valence-corrected chi connectivity index (χ3v) is 5.41. The summed E-state index contributed by atoms with van der Waals surface area (Å²) in [5.41, 5.74) is 2.76. The van der Waals surface area contributed by atoms with Gasteiger partial charge in [-0.2, -0.15) is 0 Å². The molecule has 0 atom stereocenters. The molecule has 0 saturated heterocycles. The van der Waals surface area contributed by atoms with Crippen LogP contribution in [-0.4, -0.2) is 36.5 Å². The first-order chi connectivity index (χ1) is 12.3. The maximum absolute atomic E-state index is 4.82. The Kier molecular flexibility index (Phi) is 9.19. The lowest BCUT2D eigenvalue weighted by atomic mass is 9.94. The van der Waals surface area contributed by atoms with Crippen molar-refractivity contribution < 1.29 is 0 Å². The van der Waals surface area contributed by atoms with E-state index in [2.05, 4.69) is 53.8 Å². The zero-order valence-corrected chi connectivity index (χ0v) is 18.7. The number of benzene rings is 1. The van der Waals surface area contributed by atoms with E-state index in [9.17, 15) is 0 Å². The molecule has 0 spiro atoms. The Morgan fingerprint density at radius 2 is 1.77 bits per heavy atom. The molecule has 2 N–H and O–H groups in total. The molecule has 2 aliphatic rings. The predicted molar refractivity (Wildman–Crippen MR) is 121 cm³/mol. The van der Waals surface area contributed by atoms with Crippen molar-refractivity contribution in [3.05, 3.63) is 35.4 Å². The van der Waals surface area contributed by atoms with E-state index >= 15 is 0 Å². The highest BCUT2D eigenvalue weighted by Crippen LogP contribution is 2.24. The van der Waals surface area contributed by atoms with Gasteiger partial charge < -0.3 is 10.6 Å². The van der Waals surface area contributed by atoms with Crippen LogP contribution < -0.4 is 10.6 Å². The summed E-state index contributed by atoms with van der Waals surface area (Å²) >= 11 is 0. The van der Waals surface area contributed by atoms with Crippen molar-refractivity contribution >= 4 is 29.9 Å². The lowest BCUT2D eigenvalue weighted by Crippen LogP contribution is -2.38. The summed E-state index contributed by atoms with van der Waals surface area (Å²) in [4.78, 5) is 7.37. The second-order valence-corrected chi connectivity index (χ2v) is 7.59. The zero-order valence-electron chi connectivity index (χ0n) is 16.3. The van der Waals surface area contributed by atoms with Gasteiger partial charge in [0, 0.05) is 25.2 Å². The van der Waals surface area contributed by atoms with Crippen LogP contribution >= 0.6 is 24.0 Å². The monoisotopic (exact) mass is 470 g/mol. The molecule has 2 aliphatic carbocycles. The van der Waals surface area contributed by atoms with E-state index in [1.165, 1.54) is 56.1 Å². The molecular weight excluding hydrogens is 435 g/mol. The maximum Gasteiger partial charge on any atom is 0.191 e. The second-order valence-electron chi connectivity index (χ2n) is 7.59. The first kappa shape index (κ1) is 21.5. The molecule has 0 amide bonds. The molecule has 2 saturated carbocycles. The van der Waals surface area contributed by atoms with Gasteiger partial charge in [0.1, 0.15) is 0 Å². The van der Waals surface area contributed by atoms with Crippen molar-refractivity contribution in [3.8, 4) is 0 Å². The molecule has 0 unspecified atom stereocenters. The first-order valence-electron chi connectivity index (χ1n) is 10.1. The van der Waals surface area contributed by atoms with Crippen LogP contribution in [-0.2, 0) is 13.1 Å². The van der Waals surface area contributed by atoms with E-state index in [0.29, 0.717) is 6.04 Å². The van der Waals surface area contributed by atoms with Gasteiger partial charge in [-0.1, -0.05) is 43.5 Å². The highest BCUT2D eigenvalue weighted by Gasteiger charge is 2.22. The molecule has 0 aliphatic heterocycles. The van der Waals surface area contributed by atoms with Crippen LogP contribution in [0, 0.1) is 0 Å².